The molecule has 0 bridgehead atoms. The molecule has 0 fully saturated rings. The summed E-state index contributed by atoms with van der Waals surface area (Å²) in [5.74, 6) is 0.669. The highest BCUT2D eigenvalue weighted by Crippen LogP contribution is 2.38. The van der Waals surface area contributed by atoms with E-state index in [1.54, 1.807) is 11.3 Å². The highest BCUT2D eigenvalue weighted by Gasteiger charge is 2.28. The SMILES string of the molecule is CC1Cc2ccccc2N(C(CN)c2ccc(Br)s2)C1. The first-order valence-electron chi connectivity index (χ1n) is 6.99. The summed E-state index contributed by atoms with van der Waals surface area (Å²) < 4.78 is 1.17. The zero-order valence-corrected chi connectivity index (χ0v) is 14.0. The lowest BCUT2D eigenvalue weighted by atomic mass is 9.92. The highest BCUT2D eigenvalue weighted by atomic mass is 79.9. The minimum Gasteiger partial charge on any atom is -0.362 e. The van der Waals surface area contributed by atoms with Crippen molar-refractivity contribution in [2.75, 3.05) is 18.0 Å². The number of fused-ring (bicyclic) bond motifs is 1. The van der Waals surface area contributed by atoms with Gasteiger partial charge in [0.05, 0.1) is 9.83 Å². The van der Waals surface area contributed by atoms with Gasteiger partial charge in [0.1, 0.15) is 0 Å². The van der Waals surface area contributed by atoms with Gasteiger partial charge in [-0.2, -0.15) is 0 Å². The van der Waals surface area contributed by atoms with Gasteiger partial charge in [0.2, 0.25) is 0 Å². The predicted molar refractivity (Wildman–Crippen MR) is 90.5 cm³/mol. The fraction of sp³-hybridized carbons (Fsp3) is 0.375. The van der Waals surface area contributed by atoms with Crippen molar-refractivity contribution in [2.24, 2.45) is 11.7 Å². The molecule has 1 aromatic carbocycles. The standard InChI is InChI=1S/C16H19BrN2S/c1-11-8-12-4-2-3-5-13(12)19(10-11)14(9-18)15-6-7-16(17)20-15/h2-7,11,14H,8-10,18H2,1H3. The van der Waals surface area contributed by atoms with Crippen molar-refractivity contribution in [2.45, 2.75) is 19.4 Å². The Labute approximate surface area is 132 Å². The van der Waals surface area contributed by atoms with Gasteiger partial charge in [-0.25, -0.2) is 0 Å². The van der Waals surface area contributed by atoms with Crippen molar-refractivity contribution in [3.8, 4) is 0 Å². The van der Waals surface area contributed by atoms with E-state index in [0.717, 1.165) is 13.0 Å². The number of hydrogen-bond donors (Lipinski definition) is 1. The van der Waals surface area contributed by atoms with Crippen LogP contribution in [0.15, 0.2) is 40.2 Å². The van der Waals surface area contributed by atoms with Crippen molar-refractivity contribution in [1.29, 1.82) is 0 Å². The minimum absolute atomic E-state index is 0.273. The summed E-state index contributed by atoms with van der Waals surface area (Å²) in [7, 11) is 0. The molecule has 0 amide bonds. The van der Waals surface area contributed by atoms with Crippen LogP contribution in [0.5, 0.6) is 0 Å². The van der Waals surface area contributed by atoms with E-state index in [4.69, 9.17) is 5.73 Å². The van der Waals surface area contributed by atoms with Crippen molar-refractivity contribution in [3.63, 3.8) is 0 Å². The van der Waals surface area contributed by atoms with Gasteiger partial charge in [-0.1, -0.05) is 25.1 Å². The van der Waals surface area contributed by atoms with E-state index < -0.39 is 0 Å². The molecule has 3 rings (SSSR count). The third kappa shape index (κ3) is 2.65. The lowest BCUT2D eigenvalue weighted by Crippen LogP contribution is -2.40. The summed E-state index contributed by atoms with van der Waals surface area (Å²) in [5.41, 5.74) is 8.89. The summed E-state index contributed by atoms with van der Waals surface area (Å²) in [5, 5.41) is 0. The first-order chi connectivity index (χ1) is 9.69. The van der Waals surface area contributed by atoms with Gasteiger partial charge in [-0.15, -0.1) is 11.3 Å². The number of thiophene rings is 1. The third-order valence-electron chi connectivity index (χ3n) is 3.90. The number of anilines is 1. The Morgan fingerprint density at radius 1 is 1.35 bits per heavy atom. The molecule has 0 spiro atoms. The van der Waals surface area contributed by atoms with Gasteiger partial charge in [-0.3, -0.25) is 0 Å². The van der Waals surface area contributed by atoms with E-state index in [9.17, 15) is 0 Å². The number of nitrogens with zero attached hydrogens (tertiary/aromatic N) is 1. The Kier molecular flexibility index (Phi) is 4.15. The van der Waals surface area contributed by atoms with Crippen molar-refractivity contribution in [3.05, 3.63) is 50.6 Å². The van der Waals surface area contributed by atoms with Crippen molar-refractivity contribution < 1.29 is 0 Å². The molecular weight excluding hydrogens is 332 g/mol. The molecule has 2 nitrogen and oxygen atoms in total. The predicted octanol–water partition coefficient (Wildman–Crippen LogP) is 4.21. The first-order valence-corrected chi connectivity index (χ1v) is 8.60. The van der Waals surface area contributed by atoms with Crippen LogP contribution in [0, 0.1) is 5.92 Å². The normalized spacial score (nSPS) is 19.8. The van der Waals surface area contributed by atoms with E-state index >= 15 is 0 Å². The molecule has 1 aliphatic heterocycles. The molecule has 0 saturated carbocycles. The lowest BCUT2D eigenvalue weighted by molar-refractivity contribution is 0.493. The van der Waals surface area contributed by atoms with Gasteiger partial charge < -0.3 is 10.6 Å². The number of rotatable bonds is 3. The molecule has 2 heterocycles. The molecule has 0 radical (unpaired) electrons. The average Bonchev–Trinajstić information content (AvgIpc) is 2.86. The molecule has 2 aromatic rings. The van der Waals surface area contributed by atoms with Crippen LogP contribution in [0.25, 0.3) is 0 Å². The third-order valence-corrected chi connectivity index (χ3v) is 5.62. The number of benzene rings is 1. The molecule has 0 aliphatic carbocycles. The second-order valence-electron chi connectivity index (χ2n) is 5.48. The molecule has 20 heavy (non-hydrogen) atoms. The van der Waals surface area contributed by atoms with Crippen LogP contribution >= 0.6 is 27.3 Å². The Hall–Kier alpha value is -0.840. The summed E-state index contributed by atoms with van der Waals surface area (Å²) in [6.07, 6.45) is 1.16. The number of halogens is 1. The second kappa shape index (κ2) is 5.88. The Morgan fingerprint density at radius 2 is 2.15 bits per heavy atom. The van der Waals surface area contributed by atoms with Gasteiger partial charge in [0.15, 0.2) is 0 Å². The minimum atomic E-state index is 0.273. The average molecular weight is 351 g/mol. The van der Waals surface area contributed by atoms with Crippen LogP contribution in [-0.4, -0.2) is 13.1 Å². The van der Waals surface area contributed by atoms with Crippen molar-refractivity contribution in [1.82, 2.24) is 0 Å². The van der Waals surface area contributed by atoms with Crippen molar-refractivity contribution >= 4 is 33.0 Å². The summed E-state index contributed by atoms with van der Waals surface area (Å²) >= 11 is 5.34. The maximum atomic E-state index is 6.10. The van der Waals surface area contributed by atoms with Crippen LogP contribution in [0.3, 0.4) is 0 Å². The monoisotopic (exact) mass is 350 g/mol. The smallest absolute Gasteiger partial charge is 0.0757 e. The second-order valence-corrected chi connectivity index (χ2v) is 7.98. The van der Waals surface area contributed by atoms with Crippen LogP contribution in [0.2, 0.25) is 0 Å². The molecule has 106 valence electrons. The van der Waals surface area contributed by atoms with Crippen LogP contribution in [0.4, 0.5) is 5.69 Å². The Balaban J connectivity index is 1.99. The van der Waals surface area contributed by atoms with E-state index in [0.29, 0.717) is 12.5 Å². The highest BCUT2D eigenvalue weighted by molar-refractivity contribution is 9.11. The summed E-state index contributed by atoms with van der Waals surface area (Å²) in [6.45, 7) is 4.04. The fourth-order valence-corrected chi connectivity index (χ4v) is 4.59. The van der Waals surface area contributed by atoms with Crippen LogP contribution < -0.4 is 10.6 Å². The molecule has 4 heteroatoms. The zero-order valence-electron chi connectivity index (χ0n) is 11.6. The maximum absolute atomic E-state index is 6.10. The summed E-state index contributed by atoms with van der Waals surface area (Å²) in [4.78, 5) is 3.82. The fourth-order valence-electron chi connectivity index (χ4n) is 3.04. The Morgan fingerprint density at radius 3 is 2.85 bits per heavy atom. The quantitative estimate of drug-likeness (QED) is 0.898. The van der Waals surface area contributed by atoms with E-state index in [-0.39, 0.29) is 6.04 Å². The van der Waals surface area contributed by atoms with Gasteiger partial charge in [-0.05, 0) is 52.0 Å². The molecule has 2 atom stereocenters. The molecule has 2 N–H and O–H groups in total. The number of hydrogen-bond acceptors (Lipinski definition) is 3. The first kappa shape index (κ1) is 14.1. The zero-order chi connectivity index (χ0) is 14.1. The summed E-state index contributed by atoms with van der Waals surface area (Å²) in [6, 6.07) is 13.3. The van der Waals surface area contributed by atoms with Gasteiger partial charge in [0.25, 0.3) is 0 Å². The van der Waals surface area contributed by atoms with Gasteiger partial charge in [0, 0.05) is 23.7 Å². The number of para-hydroxylation sites is 1. The number of nitrogens with two attached hydrogens (primary N) is 1. The van der Waals surface area contributed by atoms with Crippen LogP contribution in [-0.2, 0) is 6.42 Å². The van der Waals surface area contributed by atoms with Crippen LogP contribution in [0.1, 0.15) is 23.4 Å². The topological polar surface area (TPSA) is 29.3 Å². The molecular formula is C16H19BrN2S. The largest absolute Gasteiger partial charge is 0.362 e. The molecule has 1 aliphatic rings. The Bertz CT molecular complexity index is 596. The van der Waals surface area contributed by atoms with Gasteiger partial charge >= 0.3 is 0 Å². The molecule has 2 unspecified atom stereocenters. The molecule has 1 aromatic heterocycles. The molecule has 0 saturated heterocycles. The van der Waals surface area contributed by atoms with E-state index in [1.165, 1.54) is 19.9 Å². The lowest BCUT2D eigenvalue weighted by Gasteiger charge is -2.39. The maximum Gasteiger partial charge on any atom is 0.0757 e. The van der Waals surface area contributed by atoms with E-state index in [1.807, 2.05) is 0 Å². The van der Waals surface area contributed by atoms with E-state index in [2.05, 4.69) is 64.2 Å².